The molecule has 0 aromatic heterocycles. The van der Waals surface area contributed by atoms with E-state index in [1.807, 2.05) is 6.92 Å². The van der Waals surface area contributed by atoms with Gasteiger partial charge in [-0.25, -0.2) is 0 Å². The van der Waals surface area contributed by atoms with Gasteiger partial charge >= 0.3 is 0 Å². The van der Waals surface area contributed by atoms with Crippen molar-refractivity contribution in [1.29, 1.82) is 0 Å². The molecule has 9 heavy (non-hydrogen) atoms. The third-order valence-electron chi connectivity index (χ3n) is 1.20. The molecule has 1 aliphatic heterocycles. The lowest BCUT2D eigenvalue weighted by Crippen LogP contribution is -2.11. The largest absolute Gasteiger partial charge is 0.488 e. The molecule has 0 aromatic rings. The highest BCUT2D eigenvalue weighted by Crippen LogP contribution is 2.09. The molecule has 1 atom stereocenters. The van der Waals surface area contributed by atoms with Crippen LogP contribution in [-0.2, 0) is 4.74 Å². The summed E-state index contributed by atoms with van der Waals surface area (Å²) in [6.45, 7) is 4.03. The summed E-state index contributed by atoms with van der Waals surface area (Å²) >= 11 is 0. The Balaban J connectivity index is 2.55. The molecule has 0 saturated carbocycles. The Hall–Kier alpha value is -0.790. The van der Waals surface area contributed by atoms with Crippen molar-refractivity contribution in [2.24, 2.45) is 4.99 Å². The van der Waals surface area contributed by atoms with Gasteiger partial charge in [-0.15, -0.1) is 0 Å². The molecule has 0 aromatic carbocycles. The van der Waals surface area contributed by atoms with Crippen LogP contribution in [0.3, 0.4) is 0 Å². The first-order chi connectivity index (χ1) is 4.33. The Labute approximate surface area is 55.2 Å². The van der Waals surface area contributed by atoms with E-state index in [0.29, 0.717) is 0 Å². The molecule has 0 N–H and O–H groups in total. The van der Waals surface area contributed by atoms with Crippen molar-refractivity contribution in [3.63, 3.8) is 0 Å². The van der Waals surface area contributed by atoms with Gasteiger partial charge in [0.2, 0.25) is 0 Å². The summed E-state index contributed by atoms with van der Waals surface area (Å²) < 4.78 is 5.35. The van der Waals surface area contributed by atoms with Crippen LogP contribution in [0.4, 0.5) is 0 Å². The fourth-order valence-electron chi connectivity index (χ4n) is 0.722. The molecule has 1 unspecified atom stereocenters. The van der Waals surface area contributed by atoms with Gasteiger partial charge in [-0.1, -0.05) is 6.92 Å². The average Bonchev–Trinajstić information content (AvgIpc) is 1.88. The van der Waals surface area contributed by atoms with Crippen molar-refractivity contribution in [1.82, 2.24) is 0 Å². The first kappa shape index (κ1) is 6.33. The molecule has 0 saturated heterocycles. The van der Waals surface area contributed by atoms with E-state index in [-0.39, 0.29) is 6.10 Å². The summed E-state index contributed by atoms with van der Waals surface area (Å²) in [5.41, 5.74) is 0. The molecular formula is C7H11NO. The topological polar surface area (TPSA) is 21.6 Å². The third-order valence-corrected chi connectivity index (χ3v) is 1.20. The van der Waals surface area contributed by atoms with Gasteiger partial charge in [0.25, 0.3) is 0 Å². The summed E-state index contributed by atoms with van der Waals surface area (Å²) in [4.78, 5) is 4.00. The van der Waals surface area contributed by atoms with Crippen molar-refractivity contribution in [3.8, 4) is 0 Å². The number of allylic oxidation sites excluding steroid dienone is 1. The predicted octanol–water partition coefficient (Wildman–Crippen LogP) is 1.73. The molecule has 0 amide bonds. The Kier molecular flexibility index (Phi) is 1.88. The van der Waals surface area contributed by atoms with Crippen LogP contribution < -0.4 is 0 Å². The van der Waals surface area contributed by atoms with Crippen LogP contribution in [0.25, 0.3) is 0 Å². The van der Waals surface area contributed by atoms with Crippen LogP contribution in [0.2, 0.25) is 0 Å². The van der Waals surface area contributed by atoms with E-state index >= 15 is 0 Å². The zero-order valence-corrected chi connectivity index (χ0v) is 5.79. The smallest absolute Gasteiger partial charge is 0.131 e. The van der Waals surface area contributed by atoms with Crippen molar-refractivity contribution in [2.75, 3.05) is 0 Å². The Morgan fingerprint density at radius 1 is 1.78 bits per heavy atom. The Morgan fingerprint density at radius 2 is 2.56 bits per heavy atom. The molecule has 1 rings (SSSR count). The maximum Gasteiger partial charge on any atom is 0.131 e. The van der Waals surface area contributed by atoms with Crippen LogP contribution in [0.1, 0.15) is 20.3 Å². The van der Waals surface area contributed by atoms with Gasteiger partial charge < -0.3 is 4.74 Å². The second kappa shape index (κ2) is 2.67. The van der Waals surface area contributed by atoms with Gasteiger partial charge in [0.1, 0.15) is 11.9 Å². The van der Waals surface area contributed by atoms with Crippen LogP contribution in [0.5, 0.6) is 0 Å². The lowest BCUT2D eigenvalue weighted by atomic mass is 10.3. The molecule has 2 nitrogen and oxygen atoms in total. The molecule has 0 radical (unpaired) electrons. The summed E-state index contributed by atoms with van der Waals surface area (Å²) in [5.74, 6) is 0.977. The summed E-state index contributed by atoms with van der Waals surface area (Å²) in [6, 6.07) is 0. The van der Waals surface area contributed by atoms with Gasteiger partial charge in [-0.2, -0.15) is 0 Å². The number of ether oxygens (including phenoxy) is 1. The third kappa shape index (κ3) is 1.56. The lowest BCUT2D eigenvalue weighted by Gasteiger charge is -2.14. The Bertz CT molecular complexity index is 149. The minimum Gasteiger partial charge on any atom is -0.488 e. The molecule has 0 bridgehead atoms. The van der Waals surface area contributed by atoms with E-state index in [4.69, 9.17) is 4.74 Å². The van der Waals surface area contributed by atoms with Crippen LogP contribution in [0, 0.1) is 0 Å². The van der Waals surface area contributed by atoms with E-state index in [1.165, 1.54) is 0 Å². The number of aliphatic imine (C=N–C) groups is 1. The van der Waals surface area contributed by atoms with Gasteiger partial charge in [-0.05, 0) is 6.92 Å². The van der Waals surface area contributed by atoms with E-state index in [0.717, 1.165) is 12.2 Å². The maximum atomic E-state index is 5.35. The zero-order valence-electron chi connectivity index (χ0n) is 5.79. The van der Waals surface area contributed by atoms with Crippen LogP contribution in [-0.4, -0.2) is 12.3 Å². The molecular weight excluding hydrogens is 114 g/mol. The van der Waals surface area contributed by atoms with Gasteiger partial charge in [0.15, 0.2) is 0 Å². The highest BCUT2D eigenvalue weighted by Gasteiger charge is 2.04. The van der Waals surface area contributed by atoms with E-state index in [2.05, 4.69) is 11.9 Å². The predicted molar refractivity (Wildman–Crippen MR) is 37.4 cm³/mol. The SMILES string of the molecule is CCC1=CN=CC(C)O1. The van der Waals surface area contributed by atoms with Crippen molar-refractivity contribution >= 4 is 6.21 Å². The molecule has 0 fully saturated rings. The fourth-order valence-corrected chi connectivity index (χ4v) is 0.722. The number of hydrogen-bond donors (Lipinski definition) is 0. The number of nitrogens with zero attached hydrogens (tertiary/aromatic N) is 1. The Morgan fingerprint density at radius 3 is 3.00 bits per heavy atom. The second-order valence-corrected chi connectivity index (χ2v) is 2.07. The standard InChI is InChI=1S/C7H11NO/c1-3-7-5-8-4-6(2)9-7/h4-6H,3H2,1-2H3. The van der Waals surface area contributed by atoms with Crippen LogP contribution >= 0.6 is 0 Å². The second-order valence-electron chi connectivity index (χ2n) is 2.07. The zero-order chi connectivity index (χ0) is 6.69. The highest BCUT2D eigenvalue weighted by atomic mass is 16.5. The highest BCUT2D eigenvalue weighted by molar-refractivity contribution is 5.64. The lowest BCUT2D eigenvalue weighted by molar-refractivity contribution is 0.176. The minimum atomic E-state index is 0.157. The normalized spacial score (nSPS) is 25.1. The quantitative estimate of drug-likeness (QED) is 0.523. The van der Waals surface area contributed by atoms with Gasteiger partial charge in [-0.3, -0.25) is 4.99 Å². The van der Waals surface area contributed by atoms with Crippen molar-refractivity contribution < 1.29 is 4.74 Å². The molecule has 1 heterocycles. The summed E-state index contributed by atoms with van der Waals surface area (Å²) in [5, 5.41) is 0. The van der Waals surface area contributed by atoms with E-state index < -0.39 is 0 Å². The van der Waals surface area contributed by atoms with Crippen molar-refractivity contribution in [2.45, 2.75) is 26.4 Å². The van der Waals surface area contributed by atoms with Gasteiger partial charge in [0.05, 0.1) is 6.20 Å². The maximum absolute atomic E-state index is 5.35. The van der Waals surface area contributed by atoms with Crippen molar-refractivity contribution in [3.05, 3.63) is 12.0 Å². The number of hydrogen-bond acceptors (Lipinski definition) is 2. The molecule has 2 heteroatoms. The van der Waals surface area contributed by atoms with E-state index in [9.17, 15) is 0 Å². The van der Waals surface area contributed by atoms with Gasteiger partial charge in [0, 0.05) is 12.6 Å². The average molecular weight is 125 g/mol. The molecule has 0 aliphatic carbocycles. The van der Waals surface area contributed by atoms with Crippen LogP contribution in [0.15, 0.2) is 17.0 Å². The monoisotopic (exact) mass is 125 g/mol. The minimum absolute atomic E-state index is 0.157. The summed E-state index contributed by atoms with van der Waals surface area (Å²) in [7, 11) is 0. The molecule has 1 aliphatic rings. The fraction of sp³-hybridized carbons (Fsp3) is 0.571. The van der Waals surface area contributed by atoms with E-state index in [1.54, 1.807) is 12.4 Å². The first-order valence-corrected chi connectivity index (χ1v) is 3.22. The first-order valence-electron chi connectivity index (χ1n) is 3.22. The molecule has 0 spiro atoms. The number of rotatable bonds is 1. The molecule has 50 valence electrons. The summed E-state index contributed by atoms with van der Waals surface area (Å²) in [6.07, 6.45) is 4.64.